The highest BCUT2D eigenvalue weighted by molar-refractivity contribution is 5.78. The maximum absolute atomic E-state index is 11.8. The summed E-state index contributed by atoms with van der Waals surface area (Å²) in [4.78, 5) is 11.8. The van der Waals surface area contributed by atoms with E-state index in [9.17, 15) is 9.90 Å². The van der Waals surface area contributed by atoms with Crippen molar-refractivity contribution in [2.45, 2.75) is 64.4 Å². The Morgan fingerprint density at radius 1 is 1.31 bits per heavy atom. The first kappa shape index (κ1) is 13.5. The van der Waals surface area contributed by atoms with Gasteiger partial charge >= 0.3 is 0 Å². The van der Waals surface area contributed by atoms with Gasteiger partial charge in [-0.1, -0.05) is 39.0 Å². The lowest BCUT2D eigenvalue weighted by atomic mass is 9.99. The normalized spacial score (nSPS) is 20.1. The molecule has 0 radical (unpaired) electrons. The Morgan fingerprint density at radius 3 is 2.50 bits per heavy atom. The zero-order valence-electron chi connectivity index (χ0n) is 10.4. The first-order chi connectivity index (χ1) is 7.74. The maximum atomic E-state index is 11.8. The van der Waals surface area contributed by atoms with Crippen LogP contribution in [0.3, 0.4) is 0 Å². The minimum atomic E-state index is -0.375. The molecule has 1 aliphatic carbocycles. The summed E-state index contributed by atoms with van der Waals surface area (Å²) in [6.45, 7) is 2.46. The van der Waals surface area contributed by atoms with Crippen LogP contribution >= 0.6 is 0 Å². The van der Waals surface area contributed by atoms with Crippen LogP contribution in [0.1, 0.15) is 58.3 Å². The van der Waals surface area contributed by atoms with Crippen LogP contribution in [-0.2, 0) is 4.79 Å². The van der Waals surface area contributed by atoms with Crippen molar-refractivity contribution in [3.8, 4) is 0 Å². The highest BCUT2D eigenvalue weighted by Crippen LogP contribution is 2.22. The van der Waals surface area contributed by atoms with Crippen LogP contribution < -0.4 is 5.32 Å². The number of aliphatic hydroxyl groups is 1. The molecular weight excluding hydrogens is 202 g/mol. The van der Waals surface area contributed by atoms with Crippen molar-refractivity contribution in [3.63, 3.8) is 0 Å². The molecule has 0 spiro atoms. The number of hydrogen-bond acceptors (Lipinski definition) is 2. The van der Waals surface area contributed by atoms with E-state index >= 15 is 0 Å². The second-order valence-electron chi connectivity index (χ2n) is 4.88. The molecule has 0 aliphatic heterocycles. The van der Waals surface area contributed by atoms with Gasteiger partial charge in [0.2, 0.25) is 5.91 Å². The Morgan fingerprint density at radius 2 is 1.94 bits per heavy atom. The van der Waals surface area contributed by atoms with Crippen molar-refractivity contribution in [1.29, 1.82) is 0 Å². The molecule has 3 nitrogen and oxygen atoms in total. The molecule has 94 valence electrons. The van der Waals surface area contributed by atoms with Crippen LogP contribution in [0.5, 0.6) is 0 Å². The molecule has 0 saturated heterocycles. The molecule has 0 aromatic heterocycles. The Kier molecular flexibility index (Phi) is 6.46. The fourth-order valence-electron chi connectivity index (χ4n) is 2.34. The van der Waals surface area contributed by atoms with E-state index in [4.69, 9.17) is 0 Å². The van der Waals surface area contributed by atoms with Gasteiger partial charge in [-0.25, -0.2) is 0 Å². The van der Waals surface area contributed by atoms with Gasteiger partial charge in [0.05, 0.1) is 6.10 Å². The lowest BCUT2D eigenvalue weighted by molar-refractivity contribution is -0.125. The van der Waals surface area contributed by atoms with Crippen LogP contribution in [-0.4, -0.2) is 23.7 Å². The Bertz CT molecular complexity index is 198. The molecule has 1 unspecified atom stereocenters. The second kappa shape index (κ2) is 7.66. The number of amides is 1. The van der Waals surface area contributed by atoms with Gasteiger partial charge in [0.1, 0.15) is 0 Å². The topological polar surface area (TPSA) is 49.3 Å². The Balaban J connectivity index is 2.22. The van der Waals surface area contributed by atoms with E-state index in [0.717, 1.165) is 25.7 Å². The summed E-state index contributed by atoms with van der Waals surface area (Å²) in [6.07, 6.45) is 8.28. The van der Waals surface area contributed by atoms with Crippen molar-refractivity contribution in [2.75, 3.05) is 6.54 Å². The summed E-state index contributed by atoms with van der Waals surface area (Å²) >= 11 is 0. The van der Waals surface area contributed by atoms with Crippen molar-refractivity contribution < 1.29 is 9.90 Å². The summed E-state index contributed by atoms with van der Waals surface area (Å²) in [5, 5.41) is 12.4. The Labute approximate surface area is 98.6 Å². The van der Waals surface area contributed by atoms with E-state index in [0.29, 0.717) is 6.54 Å². The molecule has 0 heterocycles. The quantitative estimate of drug-likeness (QED) is 0.708. The fraction of sp³-hybridized carbons (Fsp3) is 0.923. The van der Waals surface area contributed by atoms with Crippen LogP contribution in [0, 0.1) is 5.92 Å². The summed E-state index contributed by atoms with van der Waals surface area (Å²) in [5.41, 5.74) is 0. The van der Waals surface area contributed by atoms with Gasteiger partial charge < -0.3 is 10.4 Å². The Hall–Kier alpha value is -0.570. The first-order valence-corrected chi connectivity index (χ1v) is 6.69. The molecule has 0 bridgehead atoms. The van der Waals surface area contributed by atoms with E-state index in [1.54, 1.807) is 0 Å². The molecule has 1 saturated carbocycles. The molecule has 1 fully saturated rings. The minimum absolute atomic E-state index is 0.150. The largest absolute Gasteiger partial charge is 0.391 e. The third kappa shape index (κ3) is 4.97. The third-order valence-corrected chi connectivity index (χ3v) is 3.36. The smallest absolute Gasteiger partial charge is 0.223 e. The maximum Gasteiger partial charge on any atom is 0.223 e. The van der Waals surface area contributed by atoms with Gasteiger partial charge in [0.25, 0.3) is 0 Å². The highest BCUT2D eigenvalue weighted by Gasteiger charge is 2.20. The molecule has 1 amide bonds. The molecular formula is C13H25NO2. The number of nitrogens with one attached hydrogen (secondary N) is 1. The number of rotatable bonds is 5. The summed E-state index contributed by atoms with van der Waals surface area (Å²) in [7, 11) is 0. The van der Waals surface area contributed by atoms with Gasteiger partial charge in [-0.05, 0) is 19.3 Å². The average molecular weight is 227 g/mol. The van der Waals surface area contributed by atoms with Crippen molar-refractivity contribution in [1.82, 2.24) is 5.32 Å². The van der Waals surface area contributed by atoms with E-state index < -0.39 is 0 Å². The molecule has 1 aliphatic rings. The van der Waals surface area contributed by atoms with Crippen LogP contribution in [0.4, 0.5) is 0 Å². The predicted molar refractivity (Wildman–Crippen MR) is 65.1 cm³/mol. The molecule has 2 N–H and O–H groups in total. The van der Waals surface area contributed by atoms with Gasteiger partial charge in [-0.15, -0.1) is 0 Å². The van der Waals surface area contributed by atoms with E-state index in [1.165, 1.54) is 25.7 Å². The van der Waals surface area contributed by atoms with E-state index in [2.05, 4.69) is 5.32 Å². The van der Waals surface area contributed by atoms with Gasteiger partial charge in [-0.2, -0.15) is 0 Å². The first-order valence-electron chi connectivity index (χ1n) is 6.69. The van der Waals surface area contributed by atoms with E-state index in [-0.39, 0.29) is 17.9 Å². The minimum Gasteiger partial charge on any atom is -0.391 e. The summed E-state index contributed by atoms with van der Waals surface area (Å²) in [6, 6.07) is 0. The molecule has 16 heavy (non-hydrogen) atoms. The zero-order chi connectivity index (χ0) is 11.8. The lowest BCUT2D eigenvalue weighted by Crippen LogP contribution is -2.36. The molecule has 3 heteroatoms. The van der Waals surface area contributed by atoms with Crippen LogP contribution in [0.15, 0.2) is 0 Å². The number of carbonyl (C=O) groups is 1. The SMILES string of the molecule is CCCC(O)CNC(=O)C1CCCCCC1. The highest BCUT2D eigenvalue weighted by atomic mass is 16.3. The lowest BCUT2D eigenvalue weighted by Gasteiger charge is -2.16. The second-order valence-corrected chi connectivity index (χ2v) is 4.88. The van der Waals surface area contributed by atoms with Crippen LogP contribution in [0.25, 0.3) is 0 Å². The predicted octanol–water partition coefficient (Wildman–Crippen LogP) is 2.23. The van der Waals surface area contributed by atoms with Crippen molar-refractivity contribution >= 4 is 5.91 Å². The van der Waals surface area contributed by atoms with E-state index in [1.807, 2.05) is 6.92 Å². The number of aliphatic hydroxyl groups excluding tert-OH is 1. The van der Waals surface area contributed by atoms with Gasteiger partial charge in [0, 0.05) is 12.5 Å². The van der Waals surface area contributed by atoms with Gasteiger partial charge in [-0.3, -0.25) is 4.79 Å². The standard InChI is InChI=1S/C13H25NO2/c1-2-7-12(15)10-14-13(16)11-8-5-3-4-6-9-11/h11-12,15H,2-10H2,1H3,(H,14,16). The van der Waals surface area contributed by atoms with Crippen molar-refractivity contribution in [3.05, 3.63) is 0 Å². The summed E-state index contributed by atoms with van der Waals surface area (Å²) in [5.74, 6) is 0.341. The van der Waals surface area contributed by atoms with Gasteiger partial charge in [0.15, 0.2) is 0 Å². The number of hydrogen-bond donors (Lipinski definition) is 2. The third-order valence-electron chi connectivity index (χ3n) is 3.36. The monoisotopic (exact) mass is 227 g/mol. The number of carbonyl (C=O) groups excluding carboxylic acids is 1. The average Bonchev–Trinajstić information content (AvgIpc) is 2.55. The molecule has 1 rings (SSSR count). The van der Waals surface area contributed by atoms with Crippen LogP contribution in [0.2, 0.25) is 0 Å². The molecule has 1 atom stereocenters. The zero-order valence-corrected chi connectivity index (χ0v) is 10.4. The molecule has 0 aromatic rings. The fourth-order valence-corrected chi connectivity index (χ4v) is 2.34. The summed E-state index contributed by atoms with van der Waals surface area (Å²) < 4.78 is 0. The molecule has 0 aromatic carbocycles. The van der Waals surface area contributed by atoms with Crippen molar-refractivity contribution in [2.24, 2.45) is 5.92 Å².